The lowest BCUT2D eigenvalue weighted by Crippen LogP contribution is -2.46. The van der Waals surface area contributed by atoms with E-state index >= 15 is 0 Å². The number of benzene rings is 1. The Bertz CT molecular complexity index is 697. The van der Waals surface area contributed by atoms with Gasteiger partial charge in [-0.25, -0.2) is 0 Å². The van der Waals surface area contributed by atoms with E-state index in [1.165, 1.54) is 19.2 Å². The highest BCUT2D eigenvalue weighted by atomic mass is 16.6. The number of carbonyl (C=O) groups is 2. The Kier molecular flexibility index (Phi) is 7.08. The summed E-state index contributed by atoms with van der Waals surface area (Å²) in [6.07, 6.45) is 0. The van der Waals surface area contributed by atoms with Crippen LogP contribution in [-0.4, -0.2) is 54.4 Å². The van der Waals surface area contributed by atoms with Crippen molar-refractivity contribution < 1.29 is 19.2 Å². The molecule has 2 amide bonds. The standard InChI is InChI=1S/C17H26N4O5/c1-11-7-13(21(24)25)14(26-6)8-12(11)18-15(22)9-20(5)10-16(23)19-17(2,3)4/h7-8H,9-10H2,1-6H3,(H,18,22)(H,19,23). The minimum absolute atomic E-state index is 0.00366. The highest BCUT2D eigenvalue weighted by Gasteiger charge is 2.20. The summed E-state index contributed by atoms with van der Waals surface area (Å²) in [5, 5.41) is 16.5. The molecule has 9 heteroatoms. The Balaban J connectivity index is 2.73. The van der Waals surface area contributed by atoms with Gasteiger partial charge in [-0.2, -0.15) is 0 Å². The molecule has 0 saturated heterocycles. The number of nitro groups is 1. The Morgan fingerprint density at radius 2 is 1.81 bits per heavy atom. The van der Waals surface area contributed by atoms with E-state index in [4.69, 9.17) is 4.74 Å². The molecule has 0 aliphatic heterocycles. The van der Waals surface area contributed by atoms with Crippen molar-refractivity contribution in [2.24, 2.45) is 0 Å². The van der Waals surface area contributed by atoms with Crippen molar-refractivity contribution >= 4 is 23.2 Å². The molecule has 9 nitrogen and oxygen atoms in total. The van der Waals surface area contributed by atoms with Crippen LogP contribution in [0.15, 0.2) is 12.1 Å². The van der Waals surface area contributed by atoms with Crippen LogP contribution in [0.5, 0.6) is 5.75 Å². The highest BCUT2D eigenvalue weighted by molar-refractivity contribution is 5.94. The van der Waals surface area contributed by atoms with Crippen molar-refractivity contribution in [1.29, 1.82) is 0 Å². The average Bonchev–Trinajstić information content (AvgIpc) is 2.46. The molecule has 0 unspecified atom stereocenters. The first-order valence-electron chi connectivity index (χ1n) is 8.05. The molecule has 0 atom stereocenters. The van der Waals surface area contributed by atoms with Gasteiger partial charge in [-0.05, 0) is 40.3 Å². The third kappa shape index (κ3) is 6.67. The van der Waals surface area contributed by atoms with Gasteiger partial charge in [0, 0.05) is 23.4 Å². The second kappa shape index (κ2) is 8.61. The summed E-state index contributed by atoms with van der Waals surface area (Å²) in [5.74, 6) is -0.454. The number of carbonyl (C=O) groups excluding carboxylic acids is 2. The maximum absolute atomic E-state index is 12.2. The number of anilines is 1. The van der Waals surface area contributed by atoms with Gasteiger partial charge in [-0.3, -0.25) is 24.6 Å². The van der Waals surface area contributed by atoms with Gasteiger partial charge in [0.1, 0.15) is 0 Å². The summed E-state index contributed by atoms with van der Waals surface area (Å²) in [6, 6.07) is 2.76. The van der Waals surface area contributed by atoms with Gasteiger partial charge in [-0.1, -0.05) is 0 Å². The van der Waals surface area contributed by atoms with Gasteiger partial charge < -0.3 is 15.4 Å². The Morgan fingerprint density at radius 1 is 1.23 bits per heavy atom. The largest absolute Gasteiger partial charge is 0.490 e. The number of rotatable bonds is 7. The van der Waals surface area contributed by atoms with Gasteiger partial charge in [-0.15, -0.1) is 0 Å². The van der Waals surface area contributed by atoms with E-state index in [2.05, 4.69) is 10.6 Å². The fraction of sp³-hybridized carbons (Fsp3) is 0.529. The maximum atomic E-state index is 12.2. The lowest BCUT2D eigenvalue weighted by atomic mass is 10.1. The van der Waals surface area contributed by atoms with E-state index in [0.717, 1.165) is 0 Å². The van der Waals surface area contributed by atoms with E-state index in [1.807, 2.05) is 20.8 Å². The van der Waals surface area contributed by atoms with Gasteiger partial charge in [0.2, 0.25) is 11.8 Å². The number of aryl methyl sites for hydroxylation is 1. The van der Waals surface area contributed by atoms with E-state index in [0.29, 0.717) is 11.3 Å². The van der Waals surface area contributed by atoms with Gasteiger partial charge >= 0.3 is 5.69 Å². The summed E-state index contributed by atoms with van der Waals surface area (Å²) in [5.41, 5.74) is 0.454. The number of amides is 2. The van der Waals surface area contributed by atoms with Crippen molar-refractivity contribution in [3.8, 4) is 5.75 Å². The number of nitrogens with zero attached hydrogens (tertiary/aromatic N) is 2. The molecule has 1 aromatic rings. The number of nitrogens with one attached hydrogen (secondary N) is 2. The number of hydrogen-bond donors (Lipinski definition) is 2. The Labute approximate surface area is 152 Å². The number of nitro benzene ring substituents is 1. The molecule has 0 aliphatic rings. The van der Waals surface area contributed by atoms with Crippen molar-refractivity contribution in [3.63, 3.8) is 0 Å². The molecule has 0 bridgehead atoms. The smallest absolute Gasteiger partial charge is 0.311 e. The molecule has 0 aliphatic carbocycles. The van der Waals surface area contributed by atoms with Crippen LogP contribution in [0.4, 0.5) is 11.4 Å². The molecule has 1 aromatic carbocycles. The molecule has 0 radical (unpaired) electrons. The molecule has 1 rings (SSSR count). The van der Waals surface area contributed by atoms with E-state index in [1.54, 1.807) is 18.9 Å². The predicted octanol–water partition coefficient (Wildman–Crippen LogP) is 1.70. The van der Waals surface area contributed by atoms with Crippen LogP contribution in [0.1, 0.15) is 26.3 Å². The summed E-state index contributed by atoms with van der Waals surface area (Å²) in [6.45, 7) is 7.36. The monoisotopic (exact) mass is 366 g/mol. The minimum atomic E-state index is -0.543. The first-order valence-corrected chi connectivity index (χ1v) is 8.05. The van der Waals surface area contributed by atoms with Gasteiger partial charge in [0.15, 0.2) is 5.75 Å². The molecule has 0 fully saturated rings. The molecule has 2 N–H and O–H groups in total. The van der Waals surface area contributed by atoms with Crippen molar-refractivity contribution in [2.45, 2.75) is 33.2 Å². The number of methoxy groups -OCH3 is 1. The third-order valence-corrected chi connectivity index (χ3v) is 3.34. The van der Waals surface area contributed by atoms with Crippen molar-refractivity contribution in [2.75, 3.05) is 32.6 Å². The third-order valence-electron chi connectivity index (χ3n) is 3.34. The zero-order valence-electron chi connectivity index (χ0n) is 16.0. The zero-order chi connectivity index (χ0) is 20.1. The van der Waals surface area contributed by atoms with Crippen LogP contribution < -0.4 is 15.4 Å². The number of hydrogen-bond acceptors (Lipinski definition) is 6. The molecular weight excluding hydrogens is 340 g/mol. The molecular formula is C17H26N4O5. The molecule has 0 heterocycles. The van der Waals surface area contributed by atoms with Crippen LogP contribution >= 0.6 is 0 Å². The minimum Gasteiger partial charge on any atom is -0.490 e. The lowest BCUT2D eigenvalue weighted by Gasteiger charge is -2.23. The molecule has 0 spiro atoms. The molecule has 0 aromatic heterocycles. The van der Waals surface area contributed by atoms with Gasteiger partial charge in [0.05, 0.1) is 25.1 Å². The quantitative estimate of drug-likeness (QED) is 0.561. The predicted molar refractivity (Wildman–Crippen MR) is 98.4 cm³/mol. The fourth-order valence-electron chi connectivity index (χ4n) is 2.31. The highest BCUT2D eigenvalue weighted by Crippen LogP contribution is 2.32. The SMILES string of the molecule is COc1cc(NC(=O)CN(C)CC(=O)NC(C)(C)C)c(C)cc1[N+](=O)[O-]. The topological polar surface area (TPSA) is 114 Å². The average molecular weight is 366 g/mol. The zero-order valence-corrected chi connectivity index (χ0v) is 16.0. The van der Waals surface area contributed by atoms with Crippen LogP contribution in [0.3, 0.4) is 0 Å². The Morgan fingerprint density at radius 3 is 2.31 bits per heavy atom. The molecule has 0 saturated carbocycles. The summed E-state index contributed by atoms with van der Waals surface area (Å²) in [4.78, 5) is 36.1. The fourth-order valence-corrected chi connectivity index (χ4v) is 2.31. The van der Waals surface area contributed by atoms with E-state index in [9.17, 15) is 19.7 Å². The van der Waals surface area contributed by atoms with Crippen LogP contribution in [0.25, 0.3) is 0 Å². The summed E-state index contributed by atoms with van der Waals surface area (Å²) in [7, 11) is 2.98. The van der Waals surface area contributed by atoms with Crippen LogP contribution in [0, 0.1) is 17.0 Å². The second-order valence-electron chi connectivity index (χ2n) is 7.11. The summed E-state index contributed by atoms with van der Waals surface area (Å²) >= 11 is 0. The Hall–Kier alpha value is -2.68. The molecule has 26 heavy (non-hydrogen) atoms. The number of likely N-dealkylation sites (N-methyl/N-ethyl adjacent to an activating group) is 1. The van der Waals surface area contributed by atoms with Crippen molar-refractivity contribution in [1.82, 2.24) is 10.2 Å². The normalized spacial score (nSPS) is 11.2. The first kappa shape index (κ1) is 21.4. The van der Waals surface area contributed by atoms with E-state index in [-0.39, 0.29) is 41.9 Å². The number of ether oxygens (including phenoxy) is 1. The first-order chi connectivity index (χ1) is 11.9. The maximum Gasteiger partial charge on any atom is 0.311 e. The van der Waals surface area contributed by atoms with Crippen molar-refractivity contribution in [3.05, 3.63) is 27.8 Å². The summed E-state index contributed by atoms with van der Waals surface area (Å²) < 4.78 is 5.01. The van der Waals surface area contributed by atoms with Crippen LogP contribution in [-0.2, 0) is 9.59 Å². The molecule has 144 valence electrons. The van der Waals surface area contributed by atoms with E-state index < -0.39 is 4.92 Å². The van der Waals surface area contributed by atoms with Gasteiger partial charge in [0.25, 0.3) is 0 Å². The second-order valence-corrected chi connectivity index (χ2v) is 7.11. The lowest BCUT2D eigenvalue weighted by molar-refractivity contribution is -0.385. The van der Waals surface area contributed by atoms with Crippen LogP contribution in [0.2, 0.25) is 0 Å².